The van der Waals surface area contributed by atoms with Crippen molar-refractivity contribution in [3.8, 4) is 0 Å². The lowest BCUT2D eigenvalue weighted by atomic mass is 9.89. The molecule has 21 heavy (non-hydrogen) atoms. The summed E-state index contributed by atoms with van der Waals surface area (Å²) in [7, 11) is -0.255. The maximum absolute atomic E-state index is 11.2. The van der Waals surface area contributed by atoms with E-state index in [0.29, 0.717) is 13.0 Å². The predicted molar refractivity (Wildman–Crippen MR) is 84.9 cm³/mol. The molecule has 1 rings (SSSR count). The molecule has 0 aliphatic carbocycles. The molecule has 0 N–H and O–H groups in total. The minimum atomic E-state index is -0.276. The van der Waals surface area contributed by atoms with Gasteiger partial charge in [-0.25, -0.2) is 0 Å². The molecule has 1 heterocycles. The van der Waals surface area contributed by atoms with Crippen LogP contribution in [0.25, 0.3) is 0 Å². The topological polar surface area (TPSA) is 44.8 Å². The van der Waals surface area contributed by atoms with Crippen molar-refractivity contribution in [1.82, 2.24) is 0 Å². The zero-order chi connectivity index (χ0) is 15.9. The van der Waals surface area contributed by atoms with Gasteiger partial charge in [0.25, 0.3) is 0 Å². The molecular formula is C16H29BO4. The molecule has 0 amide bonds. The van der Waals surface area contributed by atoms with Gasteiger partial charge in [0.15, 0.2) is 0 Å². The van der Waals surface area contributed by atoms with Gasteiger partial charge in [-0.15, -0.1) is 0 Å². The number of rotatable bonds is 8. The first-order chi connectivity index (χ1) is 9.78. The Kier molecular flexibility index (Phi) is 6.94. The average Bonchev–Trinajstić information content (AvgIpc) is 2.57. The molecule has 1 saturated heterocycles. The van der Waals surface area contributed by atoms with Gasteiger partial charge < -0.3 is 14.0 Å². The minimum absolute atomic E-state index is 0.0924. The van der Waals surface area contributed by atoms with Crippen molar-refractivity contribution in [1.29, 1.82) is 0 Å². The van der Waals surface area contributed by atoms with Gasteiger partial charge in [0.2, 0.25) is 0 Å². The summed E-state index contributed by atoms with van der Waals surface area (Å²) in [6, 6.07) is 0. The first-order valence-electron chi connectivity index (χ1n) is 7.96. The fourth-order valence-electron chi connectivity index (χ4n) is 2.12. The van der Waals surface area contributed by atoms with Crippen LogP contribution in [0, 0.1) is 0 Å². The van der Waals surface area contributed by atoms with Crippen LogP contribution in [-0.2, 0) is 18.8 Å². The van der Waals surface area contributed by atoms with E-state index in [9.17, 15) is 4.79 Å². The third-order valence-corrected chi connectivity index (χ3v) is 4.12. The minimum Gasteiger partial charge on any atom is -0.466 e. The Balaban J connectivity index is 2.13. The van der Waals surface area contributed by atoms with Crippen LogP contribution in [0.1, 0.15) is 66.7 Å². The lowest BCUT2D eigenvalue weighted by molar-refractivity contribution is -0.143. The Morgan fingerprint density at radius 1 is 1.10 bits per heavy atom. The first kappa shape index (κ1) is 18.2. The number of hydrogen-bond donors (Lipinski definition) is 0. The van der Waals surface area contributed by atoms with Crippen LogP contribution in [-0.4, -0.2) is 30.9 Å². The lowest BCUT2D eigenvalue weighted by Gasteiger charge is -2.32. The van der Waals surface area contributed by atoms with Crippen molar-refractivity contribution in [3.05, 3.63) is 12.1 Å². The standard InChI is InChI=1S/C16H29BO4/c1-6-19-14(18)12-10-8-7-9-11-13-17-20-15(2,3)16(4,5)21-17/h11,13H,6-10,12H2,1-5H3/b13-11+. The highest BCUT2D eigenvalue weighted by molar-refractivity contribution is 6.51. The van der Waals surface area contributed by atoms with Gasteiger partial charge in [-0.3, -0.25) is 4.79 Å². The van der Waals surface area contributed by atoms with Gasteiger partial charge in [0.05, 0.1) is 17.8 Å². The summed E-state index contributed by atoms with van der Waals surface area (Å²) < 4.78 is 16.6. The fourth-order valence-corrected chi connectivity index (χ4v) is 2.12. The Hall–Kier alpha value is -0.805. The quantitative estimate of drug-likeness (QED) is 0.389. The number of hydrogen-bond acceptors (Lipinski definition) is 4. The Labute approximate surface area is 129 Å². The van der Waals surface area contributed by atoms with E-state index in [-0.39, 0.29) is 24.3 Å². The SMILES string of the molecule is CCOC(=O)CCCCC/C=C/B1OC(C)(C)C(C)(C)O1. The highest BCUT2D eigenvalue weighted by Crippen LogP contribution is 2.36. The van der Waals surface area contributed by atoms with Crippen LogP contribution in [0.2, 0.25) is 0 Å². The molecule has 0 aromatic rings. The Morgan fingerprint density at radius 2 is 1.71 bits per heavy atom. The summed E-state index contributed by atoms with van der Waals surface area (Å²) in [6.07, 6.45) is 6.60. The molecule has 0 aromatic heterocycles. The molecule has 5 heteroatoms. The molecule has 0 unspecified atom stereocenters. The van der Waals surface area contributed by atoms with Crippen LogP contribution >= 0.6 is 0 Å². The lowest BCUT2D eigenvalue weighted by Crippen LogP contribution is -2.41. The average molecular weight is 296 g/mol. The van der Waals surface area contributed by atoms with Crippen molar-refractivity contribution >= 4 is 13.1 Å². The normalized spacial score (nSPS) is 20.1. The number of carbonyl (C=O) groups is 1. The summed E-state index contributed by atoms with van der Waals surface area (Å²) in [4.78, 5) is 11.2. The van der Waals surface area contributed by atoms with E-state index in [4.69, 9.17) is 14.0 Å². The van der Waals surface area contributed by atoms with Gasteiger partial charge in [0.1, 0.15) is 0 Å². The molecule has 1 aliphatic rings. The van der Waals surface area contributed by atoms with Crippen molar-refractivity contribution in [2.24, 2.45) is 0 Å². The van der Waals surface area contributed by atoms with E-state index >= 15 is 0 Å². The molecule has 0 atom stereocenters. The predicted octanol–water partition coefficient (Wildman–Crippen LogP) is 3.69. The molecule has 0 radical (unpaired) electrons. The van der Waals surface area contributed by atoms with Crippen molar-refractivity contribution < 1.29 is 18.8 Å². The highest BCUT2D eigenvalue weighted by Gasteiger charge is 2.49. The fraction of sp³-hybridized carbons (Fsp3) is 0.812. The van der Waals surface area contributed by atoms with Gasteiger partial charge >= 0.3 is 13.1 Å². The zero-order valence-corrected chi connectivity index (χ0v) is 14.1. The number of unbranched alkanes of at least 4 members (excludes halogenated alkanes) is 3. The van der Waals surface area contributed by atoms with E-state index < -0.39 is 0 Å². The first-order valence-corrected chi connectivity index (χ1v) is 7.96. The van der Waals surface area contributed by atoms with Crippen molar-refractivity contribution in [2.45, 2.75) is 77.9 Å². The van der Waals surface area contributed by atoms with E-state index in [2.05, 4.69) is 33.8 Å². The number of esters is 1. The van der Waals surface area contributed by atoms with Crippen LogP contribution in [0.15, 0.2) is 12.1 Å². The largest absolute Gasteiger partial charge is 0.486 e. The smallest absolute Gasteiger partial charge is 0.466 e. The summed E-state index contributed by atoms with van der Waals surface area (Å²) in [6.45, 7) is 10.5. The van der Waals surface area contributed by atoms with Gasteiger partial charge in [-0.2, -0.15) is 0 Å². The van der Waals surface area contributed by atoms with E-state index in [1.807, 2.05) is 12.9 Å². The van der Waals surface area contributed by atoms with Crippen molar-refractivity contribution in [3.63, 3.8) is 0 Å². The Morgan fingerprint density at radius 3 is 2.29 bits per heavy atom. The molecule has 0 saturated carbocycles. The number of allylic oxidation sites excluding steroid dienone is 1. The van der Waals surface area contributed by atoms with Gasteiger partial charge in [-0.05, 0) is 53.9 Å². The molecule has 4 nitrogen and oxygen atoms in total. The molecular weight excluding hydrogens is 267 g/mol. The third kappa shape index (κ3) is 5.83. The molecule has 1 aliphatic heterocycles. The Bertz CT molecular complexity index is 347. The monoisotopic (exact) mass is 296 g/mol. The summed E-state index contributed by atoms with van der Waals surface area (Å²) >= 11 is 0. The highest BCUT2D eigenvalue weighted by atomic mass is 16.7. The summed E-state index contributed by atoms with van der Waals surface area (Å²) in [5.74, 6) is 1.90. The molecule has 120 valence electrons. The third-order valence-electron chi connectivity index (χ3n) is 4.12. The van der Waals surface area contributed by atoms with E-state index in [0.717, 1.165) is 25.7 Å². The van der Waals surface area contributed by atoms with Crippen LogP contribution in [0.4, 0.5) is 0 Å². The second-order valence-electron chi connectivity index (χ2n) is 6.46. The van der Waals surface area contributed by atoms with E-state index in [1.165, 1.54) is 0 Å². The van der Waals surface area contributed by atoms with Crippen LogP contribution in [0.5, 0.6) is 0 Å². The molecule has 0 bridgehead atoms. The maximum Gasteiger partial charge on any atom is 0.486 e. The van der Waals surface area contributed by atoms with E-state index in [1.54, 1.807) is 0 Å². The molecule has 0 aromatic carbocycles. The van der Waals surface area contributed by atoms with Crippen LogP contribution < -0.4 is 0 Å². The van der Waals surface area contributed by atoms with Gasteiger partial charge in [-0.1, -0.05) is 18.5 Å². The second kappa shape index (κ2) is 7.99. The van der Waals surface area contributed by atoms with Gasteiger partial charge in [0, 0.05) is 6.42 Å². The second-order valence-corrected chi connectivity index (χ2v) is 6.46. The number of carbonyl (C=O) groups excluding carboxylic acids is 1. The maximum atomic E-state index is 11.2. The van der Waals surface area contributed by atoms with Crippen LogP contribution in [0.3, 0.4) is 0 Å². The zero-order valence-electron chi connectivity index (χ0n) is 14.1. The summed E-state index contributed by atoms with van der Waals surface area (Å²) in [5.41, 5.74) is -0.552. The molecule has 0 spiro atoms. The number of ether oxygens (including phenoxy) is 1. The summed E-state index contributed by atoms with van der Waals surface area (Å²) in [5, 5.41) is 0. The molecule has 1 fully saturated rings. The van der Waals surface area contributed by atoms with Crippen molar-refractivity contribution in [2.75, 3.05) is 6.61 Å².